The first-order valence-corrected chi connectivity index (χ1v) is 9.07. The van der Waals surface area contributed by atoms with Crippen molar-refractivity contribution in [2.75, 3.05) is 13.7 Å². The molecule has 0 saturated heterocycles. The molecule has 0 aliphatic heterocycles. The molecule has 6 nitrogen and oxygen atoms in total. The van der Waals surface area contributed by atoms with Gasteiger partial charge in [0.15, 0.2) is 5.65 Å². The summed E-state index contributed by atoms with van der Waals surface area (Å²) in [5.41, 5.74) is 3.16. The number of nitrogens with zero attached hydrogens (tertiary/aromatic N) is 2. The second-order valence-electron chi connectivity index (χ2n) is 6.59. The van der Waals surface area contributed by atoms with Gasteiger partial charge in [-0.05, 0) is 36.8 Å². The molecule has 0 spiro atoms. The minimum atomic E-state index is -0.163. The summed E-state index contributed by atoms with van der Waals surface area (Å²) in [5, 5.41) is 0.563. The van der Waals surface area contributed by atoms with E-state index in [1.54, 1.807) is 7.11 Å². The third-order valence-electron chi connectivity index (χ3n) is 4.53. The fraction of sp³-hybridized carbons (Fsp3) is 0.182. The molecule has 28 heavy (non-hydrogen) atoms. The summed E-state index contributed by atoms with van der Waals surface area (Å²) in [6.07, 6.45) is 3.34. The molecule has 0 fully saturated rings. The summed E-state index contributed by atoms with van der Waals surface area (Å²) < 4.78 is 12.9. The maximum atomic E-state index is 12.6. The molecule has 4 aromatic rings. The lowest BCUT2D eigenvalue weighted by molar-refractivity contribution is 0.0921. The number of hydrogen-bond donors (Lipinski definition) is 1. The van der Waals surface area contributed by atoms with Crippen LogP contribution in [0.3, 0.4) is 0 Å². The van der Waals surface area contributed by atoms with E-state index < -0.39 is 0 Å². The highest BCUT2D eigenvalue weighted by molar-refractivity contribution is 5.94. The van der Waals surface area contributed by atoms with Crippen LogP contribution in [0.4, 0.5) is 0 Å². The Morgan fingerprint density at radius 2 is 1.86 bits per heavy atom. The first-order valence-electron chi connectivity index (χ1n) is 9.07. The van der Waals surface area contributed by atoms with E-state index in [0.717, 1.165) is 22.6 Å². The summed E-state index contributed by atoms with van der Waals surface area (Å²) in [7, 11) is 1.65. The number of hydrogen-bond acceptors (Lipinski definition) is 4. The molecule has 4 rings (SSSR count). The van der Waals surface area contributed by atoms with Crippen LogP contribution in [-0.4, -0.2) is 34.4 Å². The Morgan fingerprint density at radius 1 is 1.11 bits per heavy atom. The van der Waals surface area contributed by atoms with Crippen molar-refractivity contribution < 1.29 is 9.47 Å². The Labute approximate surface area is 162 Å². The summed E-state index contributed by atoms with van der Waals surface area (Å²) in [5.74, 6) is 0.757. The topological polar surface area (TPSA) is 69.1 Å². The molecule has 2 heterocycles. The first kappa shape index (κ1) is 18.0. The second-order valence-corrected chi connectivity index (χ2v) is 6.59. The molecule has 1 unspecified atom stereocenters. The fourth-order valence-corrected chi connectivity index (χ4v) is 3.29. The van der Waals surface area contributed by atoms with Crippen molar-refractivity contribution in [3.63, 3.8) is 0 Å². The number of aromatic amines is 1. The number of fused-ring (bicyclic) bond motifs is 1. The number of rotatable bonds is 6. The highest BCUT2D eigenvalue weighted by Gasteiger charge is 2.16. The summed E-state index contributed by atoms with van der Waals surface area (Å²) in [6, 6.07) is 17.6. The molecule has 0 aliphatic carbocycles. The lowest BCUT2D eigenvalue weighted by atomic mass is 10.1. The largest absolute Gasteiger partial charge is 0.488 e. The van der Waals surface area contributed by atoms with Crippen LogP contribution in [0.15, 0.2) is 71.9 Å². The first-order chi connectivity index (χ1) is 13.7. The number of ether oxygens (including phenoxy) is 2. The van der Waals surface area contributed by atoms with Crippen LogP contribution in [0.2, 0.25) is 0 Å². The van der Waals surface area contributed by atoms with Crippen LogP contribution in [0.25, 0.3) is 27.8 Å². The summed E-state index contributed by atoms with van der Waals surface area (Å²) in [4.78, 5) is 19.6. The van der Waals surface area contributed by atoms with Gasteiger partial charge in [0, 0.05) is 24.6 Å². The highest BCUT2D eigenvalue weighted by atomic mass is 16.5. The standard InChI is InChI=1S/C22H21N3O3/c1-15(13-27-2)28-18-10-8-16(9-11-18)19-12-25(17-6-4-3-5-7-17)21-20(19)22(26)24-14-23-21/h3-12,14-15H,13H2,1-2H3,(H,23,24,26). The Bertz CT molecular complexity index is 1130. The second kappa shape index (κ2) is 7.70. The van der Waals surface area contributed by atoms with Gasteiger partial charge in [-0.15, -0.1) is 0 Å². The minimum absolute atomic E-state index is 0.0390. The van der Waals surface area contributed by atoms with Gasteiger partial charge in [0.2, 0.25) is 0 Å². The Hall–Kier alpha value is -3.38. The van der Waals surface area contributed by atoms with E-state index in [0.29, 0.717) is 17.6 Å². The fourth-order valence-electron chi connectivity index (χ4n) is 3.29. The predicted octanol–water partition coefficient (Wildman–Crippen LogP) is 3.79. The predicted molar refractivity (Wildman–Crippen MR) is 109 cm³/mol. The maximum absolute atomic E-state index is 12.6. The molecule has 142 valence electrons. The van der Waals surface area contributed by atoms with Gasteiger partial charge in [0.05, 0.1) is 18.3 Å². The number of H-pyrrole nitrogens is 1. The average Bonchev–Trinajstić information content (AvgIpc) is 3.10. The van der Waals surface area contributed by atoms with Gasteiger partial charge in [0.25, 0.3) is 5.56 Å². The number of para-hydroxylation sites is 1. The number of aromatic nitrogens is 3. The molecule has 0 bridgehead atoms. The molecule has 0 radical (unpaired) electrons. The zero-order chi connectivity index (χ0) is 19.5. The van der Waals surface area contributed by atoms with E-state index in [9.17, 15) is 4.79 Å². The zero-order valence-electron chi connectivity index (χ0n) is 15.8. The van der Waals surface area contributed by atoms with Gasteiger partial charge in [-0.25, -0.2) is 4.98 Å². The van der Waals surface area contributed by atoms with Crippen LogP contribution in [0.5, 0.6) is 5.75 Å². The van der Waals surface area contributed by atoms with E-state index in [4.69, 9.17) is 9.47 Å². The molecular weight excluding hydrogens is 354 g/mol. The van der Waals surface area contributed by atoms with E-state index in [1.165, 1.54) is 6.33 Å². The maximum Gasteiger partial charge on any atom is 0.260 e. The highest BCUT2D eigenvalue weighted by Crippen LogP contribution is 2.30. The van der Waals surface area contributed by atoms with Gasteiger partial charge >= 0.3 is 0 Å². The Kier molecular flexibility index (Phi) is 4.95. The third kappa shape index (κ3) is 3.42. The van der Waals surface area contributed by atoms with Crippen molar-refractivity contribution in [1.29, 1.82) is 0 Å². The Morgan fingerprint density at radius 3 is 2.57 bits per heavy atom. The minimum Gasteiger partial charge on any atom is -0.488 e. The molecule has 0 amide bonds. The third-order valence-corrected chi connectivity index (χ3v) is 4.53. The monoisotopic (exact) mass is 375 g/mol. The van der Waals surface area contributed by atoms with E-state index in [-0.39, 0.29) is 11.7 Å². The van der Waals surface area contributed by atoms with Crippen LogP contribution >= 0.6 is 0 Å². The lowest BCUT2D eigenvalue weighted by Gasteiger charge is -2.13. The quantitative estimate of drug-likeness (QED) is 0.557. The van der Waals surface area contributed by atoms with Crippen molar-refractivity contribution in [2.45, 2.75) is 13.0 Å². The van der Waals surface area contributed by atoms with E-state index in [2.05, 4.69) is 9.97 Å². The molecule has 2 aromatic heterocycles. The Balaban J connectivity index is 1.78. The molecule has 0 saturated carbocycles. The van der Waals surface area contributed by atoms with E-state index >= 15 is 0 Å². The molecule has 6 heteroatoms. The van der Waals surface area contributed by atoms with E-state index in [1.807, 2.05) is 72.3 Å². The van der Waals surface area contributed by atoms with Crippen LogP contribution in [-0.2, 0) is 4.74 Å². The smallest absolute Gasteiger partial charge is 0.260 e. The molecule has 0 aliphatic rings. The van der Waals surface area contributed by atoms with Crippen molar-refractivity contribution in [3.05, 3.63) is 77.5 Å². The molecular formula is C22H21N3O3. The van der Waals surface area contributed by atoms with Gasteiger partial charge < -0.3 is 19.0 Å². The van der Waals surface area contributed by atoms with Gasteiger partial charge in [-0.1, -0.05) is 30.3 Å². The molecule has 2 aromatic carbocycles. The zero-order valence-corrected chi connectivity index (χ0v) is 15.8. The summed E-state index contributed by atoms with van der Waals surface area (Å²) >= 11 is 0. The number of methoxy groups -OCH3 is 1. The normalized spacial score (nSPS) is 12.2. The van der Waals surface area contributed by atoms with Crippen LogP contribution < -0.4 is 10.3 Å². The van der Waals surface area contributed by atoms with Crippen molar-refractivity contribution >= 4 is 11.0 Å². The van der Waals surface area contributed by atoms with Crippen LogP contribution in [0, 0.1) is 0 Å². The van der Waals surface area contributed by atoms with Crippen molar-refractivity contribution in [3.8, 4) is 22.6 Å². The molecule has 1 N–H and O–H groups in total. The van der Waals surface area contributed by atoms with Crippen molar-refractivity contribution in [1.82, 2.24) is 14.5 Å². The number of benzene rings is 2. The van der Waals surface area contributed by atoms with Crippen molar-refractivity contribution in [2.24, 2.45) is 0 Å². The van der Waals surface area contributed by atoms with Gasteiger partial charge in [0.1, 0.15) is 11.9 Å². The number of nitrogens with one attached hydrogen (secondary N) is 1. The summed E-state index contributed by atoms with van der Waals surface area (Å²) in [6.45, 7) is 2.48. The SMILES string of the molecule is COCC(C)Oc1ccc(-c2cn(-c3ccccc3)c3nc[nH]c(=O)c23)cc1. The molecule has 1 atom stereocenters. The average molecular weight is 375 g/mol. The van der Waals surface area contributed by atoms with Crippen LogP contribution in [0.1, 0.15) is 6.92 Å². The van der Waals surface area contributed by atoms with Gasteiger partial charge in [-0.3, -0.25) is 4.79 Å². The lowest BCUT2D eigenvalue weighted by Crippen LogP contribution is -2.17. The van der Waals surface area contributed by atoms with Gasteiger partial charge in [-0.2, -0.15) is 0 Å².